The summed E-state index contributed by atoms with van der Waals surface area (Å²) in [5, 5.41) is 12.7. The number of likely N-dealkylation sites (tertiary alicyclic amines) is 1. The van der Waals surface area contributed by atoms with Gasteiger partial charge in [0.25, 0.3) is 0 Å². The molecule has 1 aliphatic rings. The highest BCUT2D eigenvalue weighted by atomic mass is 35.5. The number of carbonyl (C=O) groups excluding carboxylic acids is 1. The SMILES string of the molecule is CC(NC(=O)N1CCC(CO)C1)c1ccc(Cl)cc1. The summed E-state index contributed by atoms with van der Waals surface area (Å²) in [6.45, 7) is 3.44. The van der Waals surface area contributed by atoms with Crippen molar-refractivity contribution < 1.29 is 9.90 Å². The van der Waals surface area contributed by atoms with Crippen molar-refractivity contribution in [3.63, 3.8) is 0 Å². The van der Waals surface area contributed by atoms with Crippen LogP contribution in [0.25, 0.3) is 0 Å². The van der Waals surface area contributed by atoms with Crippen molar-refractivity contribution in [2.75, 3.05) is 19.7 Å². The van der Waals surface area contributed by atoms with E-state index in [-0.39, 0.29) is 24.6 Å². The summed E-state index contributed by atoms with van der Waals surface area (Å²) >= 11 is 5.84. The van der Waals surface area contributed by atoms with E-state index in [0.717, 1.165) is 12.0 Å². The molecular weight excluding hydrogens is 264 g/mol. The topological polar surface area (TPSA) is 52.6 Å². The van der Waals surface area contributed by atoms with Crippen molar-refractivity contribution in [1.29, 1.82) is 0 Å². The molecule has 0 aromatic heterocycles. The van der Waals surface area contributed by atoms with Crippen LogP contribution in [0.1, 0.15) is 24.9 Å². The number of urea groups is 1. The lowest BCUT2D eigenvalue weighted by Crippen LogP contribution is -2.39. The van der Waals surface area contributed by atoms with Gasteiger partial charge in [-0.1, -0.05) is 23.7 Å². The fraction of sp³-hybridized carbons (Fsp3) is 0.500. The van der Waals surface area contributed by atoms with Crippen LogP contribution in [0.3, 0.4) is 0 Å². The van der Waals surface area contributed by atoms with Gasteiger partial charge in [-0.3, -0.25) is 0 Å². The third kappa shape index (κ3) is 3.61. The molecule has 0 aliphatic carbocycles. The molecule has 5 heteroatoms. The molecule has 2 amide bonds. The fourth-order valence-electron chi connectivity index (χ4n) is 2.28. The lowest BCUT2D eigenvalue weighted by atomic mass is 10.1. The van der Waals surface area contributed by atoms with E-state index >= 15 is 0 Å². The molecule has 1 fully saturated rings. The molecule has 2 atom stereocenters. The van der Waals surface area contributed by atoms with E-state index in [9.17, 15) is 4.79 Å². The third-order valence-corrected chi connectivity index (χ3v) is 3.79. The van der Waals surface area contributed by atoms with E-state index in [1.807, 2.05) is 31.2 Å². The van der Waals surface area contributed by atoms with Gasteiger partial charge in [0.15, 0.2) is 0 Å². The zero-order chi connectivity index (χ0) is 13.8. The number of nitrogens with one attached hydrogen (secondary N) is 1. The number of carbonyl (C=O) groups is 1. The molecule has 1 aromatic carbocycles. The number of hydrogen-bond donors (Lipinski definition) is 2. The Morgan fingerprint density at radius 1 is 1.53 bits per heavy atom. The lowest BCUT2D eigenvalue weighted by molar-refractivity contribution is 0.195. The molecule has 0 bridgehead atoms. The summed E-state index contributed by atoms with van der Waals surface area (Å²) in [6.07, 6.45) is 0.874. The van der Waals surface area contributed by atoms with E-state index in [4.69, 9.17) is 16.7 Å². The van der Waals surface area contributed by atoms with Crippen LogP contribution in [-0.4, -0.2) is 35.7 Å². The van der Waals surface area contributed by atoms with E-state index in [1.165, 1.54) is 0 Å². The quantitative estimate of drug-likeness (QED) is 0.895. The first kappa shape index (κ1) is 14.2. The maximum atomic E-state index is 12.1. The van der Waals surface area contributed by atoms with Gasteiger partial charge in [-0.05, 0) is 31.0 Å². The normalized spacial score (nSPS) is 20.4. The van der Waals surface area contributed by atoms with Crippen molar-refractivity contribution in [2.45, 2.75) is 19.4 Å². The Labute approximate surface area is 118 Å². The number of aliphatic hydroxyl groups is 1. The number of nitrogens with zero attached hydrogens (tertiary/aromatic N) is 1. The molecule has 2 rings (SSSR count). The van der Waals surface area contributed by atoms with Gasteiger partial charge in [0.2, 0.25) is 0 Å². The minimum atomic E-state index is -0.0709. The molecule has 4 nitrogen and oxygen atoms in total. The average Bonchev–Trinajstić information content (AvgIpc) is 2.88. The molecular formula is C14H19ClN2O2. The first-order valence-electron chi connectivity index (χ1n) is 6.52. The summed E-state index contributed by atoms with van der Waals surface area (Å²) in [5.74, 6) is 0.219. The summed E-state index contributed by atoms with van der Waals surface area (Å²) in [4.78, 5) is 13.8. The van der Waals surface area contributed by atoms with E-state index in [1.54, 1.807) is 4.90 Å². The molecule has 0 radical (unpaired) electrons. The molecule has 2 unspecified atom stereocenters. The van der Waals surface area contributed by atoms with Crippen LogP contribution >= 0.6 is 11.6 Å². The number of benzene rings is 1. The summed E-state index contributed by atoms with van der Waals surface area (Å²) in [6, 6.07) is 7.33. The lowest BCUT2D eigenvalue weighted by Gasteiger charge is -2.21. The maximum Gasteiger partial charge on any atom is 0.317 e. The Kier molecular flexibility index (Phi) is 4.66. The first-order chi connectivity index (χ1) is 9.10. The van der Waals surface area contributed by atoms with Gasteiger partial charge in [0, 0.05) is 30.6 Å². The Balaban J connectivity index is 1.90. The van der Waals surface area contributed by atoms with Crippen LogP contribution in [0.15, 0.2) is 24.3 Å². The second kappa shape index (κ2) is 6.26. The second-order valence-corrected chi connectivity index (χ2v) is 5.44. The zero-order valence-corrected chi connectivity index (χ0v) is 11.7. The zero-order valence-electron chi connectivity index (χ0n) is 11.0. The van der Waals surface area contributed by atoms with Crippen LogP contribution < -0.4 is 5.32 Å². The van der Waals surface area contributed by atoms with Crippen LogP contribution in [0.4, 0.5) is 4.79 Å². The first-order valence-corrected chi connectivity index (χ1v) is 6.89. The van der Waals surface area contributed by atoms with Gasteiger partial charge < -0.3 is 15.3 Å². The number of aliphatic hydroxyl groups excluding tert-OH is 1. The Morgan fingerprint density at radius 3 is 2.79 bits per heavy atom. The highest BCUT2D eigenvalue weighted by molar-refractivity contribution is 6.30. The number of hydrogen-bond acceptors (Lipinski definition) is 2. The smallest absolute Gasteiger partial charge is 0.317 e. The van der Waals surface area contributed by atoms with Crippen LogP contribution in [0.5, 0.6) is 0 Å². The molecule has 19 heavy (non-hydrogen) atoms. The van der Waals surface area contributed by atoms with Crippen LogP contribution in [0.2, 0.25) is 5.02 Å². The summed E-state index contributed by atoms with van der Waals surface area (Å²) in [7, 11) is 0. The van der Waals surface area contributed by atoms with E-state index < -0.39 is 0 Å². The minimum absolute atomic E-state index is 0.0575. The van der Waals surface area contributed by atoms with Gasteiger partial charge >= 0.3 is 6.03 Å². The Hall–Kier alpha value is -1.26. The second-order valence-electron chi connectivity index (χ2n) is 5.01. The molecule has 1 aromatic rings. The van der Waals surface area contributed by atoms with Crippen LogP contribution in [0, 0.1) is 5.92 Å². The van der Waals surface area contributed by atoms with Crippen molar-refractivity contribution in [2.24, 2.45) is 5.92 Å². The van der Waals surface area contributed by atoms with Gasteiger partial charge in [-0.15, -0.1) is 0 Å². The molecule has 1 saturated heterocycles. The summed E-state index contributed by atoms with van der Waals surface area (Å²) in [5.41, 5.74) is 1.02. The van der Waals surface area contributed by atoms with Crippen molar-refractivity contribution in [1.82, 2.24) is 10.2 Å². The molecule has 2 N–H and O–H groups in total. The monoisotopic (exact) mass is 282 g/mol. The van der Waals surface area contributed by atoms with Crippen molar-refractivity contribution in [3.05, 3.63) is 34.9 Å². The maximum absolute atomic E-state index is 12.1. The molecule has 0 spiro atoms. The highest BCUT2D eigenvalue weighted by Crippen LogP contribution is 2.18. The van der Waals surface area contributed by atoms with Gasteiger partial charge in [0.1, 0.15) is 0 Å². The number of amides is 2. The Bertz CT molecular complexity index is 436. The standard InChI is InChI=1S/C14H19ClN2O2/c1-10(12-2-4-13(15)5-3-12)16-14(19)17-7-6-11(8-17)9-18/h2-5,10-11,18H,6-9H2,1H3,(H,16,19). The largest absolute Gasteiger partial charge is 0.396 e. The molecule has 0 saturated carbocycles. The number of halogens is 1. The van der Waals surface area contributed by atoms with Gasteiger partial charge in [-0.2, -0.15) is 0 Å². The molecule has 1 heterocycles. The predicted octanol–water partition coefficient (Wildman–Crippen LogP) is 2.42. The molecule has 1 aliphatic heterocycles. The predicted molar refractivity (Wildman–Crippen MR) is 75.2 cm³/mol. The van der Waals surface area contributed by atoms with E-state index in [0.29, 0.717) is 18.1 Å². The Morgan fingerprint density at radius 2 is 2.21 bits per heavy atom. The van der Waals surface area contributed by atoms with Gasteiger partial charge in [-0.25, -0.2) is 4.79 Å². The minimum Gasteiger partial charge on any atom is -0.396 e. The van der Waals surface area contributed by atoms with Crippen molar-refractivity contribution in [3.8, 4) is 0 Å². The van der Waals surface area contributed by atoms with Gasteiger partial charge in [0.05, 0.1) is 6.04 Å². The van der Waals surface area contributed by atoms with E-state index in [2.05, 4.69) is 5.32 Å². The third-order valence-electron chi connectivity index (χ3n) is 3.54. The fourth-order valence-corrected chi connectivity index (χ4v) is 2.40. The van der Waals surface area contributed by atoms with Crippen LogP contribution in [-0.2, 0) is 0 Å². The molecule has 104 valence electrons. The average molecular weight is 283 g/mol. The summed E-state index contributed by atoms with van der Waals surface area (Å²) < 4.78 is 0. The van der Waals surface area contributed by atoms with Crippen molar-refractivity contribution >= 4 is 17.6 Å². The number of rotatable bonds is 3. The highest BCUT2D eigenvalue weighted by Gasteiger charge is 2.26.